The van der Waals surface area contributed by atoms with Gasteiger partial charge in [-0.3, -0.25) is 19.8 Å². The van der Waals surface area contributed by atoms with Crippen LogP contribution in [-0.4, -0.2) is 21.5 Å². The van der Waals surface area contributed by atoms with E-state index in [1.807, 2.05) is 54.7 Å². The van der Waals surface area contributed by atoms with Gasteiger partial charge in [-0.05, 0) is 54.4 Å². The van der Waals surface area contributed by atoms with Crippen molar-refractivity contribution in [1.29, 1.82) is 0 Å². The molecule has 2 amide bonds. The van der Waals surface area contributed by atoms with Crippen LogP contribution in [0.25, 0.3) is 17.0 Å². The molecule has 0 unspecified atom stereocenters. The fourth-order valence-corrected chi connectivity index (χ4v) is 4.15. The molecule has 5 nitrogen and oxygen atoms in total. The second-order valence-corrected chi connectivity index (χ2v) is 8.39. The zero-order chi connectivity index (χ0) is 22.1. The van der Waals surface area contributed by atoms with Gasteiger partial charge in [0.2, 0.25) is 0 Å². The number of hydrogen-bond acceptors (Lipinski definition) is 3. The van der Waals surface area contributed by atoms with Gasteiger partial charge in [0.05, 0.1) is 5.69 Å². The molecule has 1 aromatic heterocycles. The minimum absolute atomic E-state index is 0.0703. The molecule has 1 aliphatic rings. The number of fused-ring (bicyclic) bond motifs is 1. The standard InChI is InChI=1S/C25H25N3O2S/c1-4-13-27-15-18(20-7-5-6-8-22(20)27)14-21-23(29)26-25(31)28(24(21)30)19-11-9-17(10-12-19)16(2)3/h5-12,14-16H,4,13H2,1-3H3,(H,26,29,31)/b21-14+. The number of amides is 2. The van der Waals surface area contributed by atoms with Crippen LogP contribution in [0.2, 0.25) is 0 Å². The topological polar surface area (TPSA) is 54.3 Å². The van der Waals surface area contributed by atoms with Crippen LogP contribution in [0.4, 0.5) is 5.69 Å². The zero-order valence-corrected chi connectivity index (χ0v) is 18.7. The first kappa shape index (κ1) is 21.0. The van der Waals surface area contributed by atoms with Crippen LogP contribution in [-0.2, 0) is 16.1 Å². The Balaban J connectivity index is 1.75. The van der Waals surface area contributed by atoms with E-state index in [1.54, 1.807) is 6.08 Å². The van der Waals surface area contributed by atoms with Crippen LogP contribution in [0.1, 0.15) is 44.2 Å². The van der Waals surface area contributed by atoms with Crippen LogP contribution in [0.15, 0.2) is 60.3 Å². The van der Waals surface area contributed by atoms with Gasteiger partial charge in [-0.2, -0.15) is 0 Å². The third kappa shape index (κ3) is 3.91. The Labute approximate surface area is 187 Å². The lowest BCUT2D eigenvalue weighted by Gasteiger charge is -2.29. The summed E-state index contributed by atoms with van der Waals surface area (Å²) in [5.74, 6) is -0.510. The Bertz CT molecular complexity index is 1210. The van der Waals surface area contributed by atoms with Gasteiger partial charge in [0.25, 0.3) is 11.8 Å². The van der Waals surface area contributed by atoms with Gasteiger partial charge in [-0.15, -0.1) is 0 Å². The normalized spacial score (nSPS) is 15.9. The molecule has 1 fully saturated rings. The predicted molar refractivity (Wildman–Crippen MR) is 129 cm³/mol. The smallest absolute Gasteiger partial charge is 0.270 e. The van der Waals surface area contributed by atoms with Crippen LogP contribution in [0.5, 0.6) is 0 Å². The Kier molecular flexibility index (Phi) is 5.74. The van der Waals surface area contributed by atoms with Crippen LogP contribution < -0.4 is 10.2 Å². The first-order valence-corrected chi connectivity index (χ1v) is 10.9. The molecular formula is C25H25N3O2S. The van der Waals surface area contributed by atoms with Crippen LogP contribution in [0.3, 0.4) is 0 Å². The van der Waals surface area contributed by atoms with Crippen LogP contribution >= 0.6 is 12.2 Å². The Morgan fingerprint density at radius 1 is 1.06 bits per heavy atom. The highest BCUT2D eigenvalue weighted by molar-refractivity contribution is 7.80. The molecule has 0 bridgehead atoms. The first-order valence-electron chi connectivity index (χ1n) is 10.5. The van der Waals surface area contributed by atoms with Gasteiger partial charge in [-0.25, -0.2) is 0 Å². The number of carbonyl (C=O) groups excluding carboxylic acids is 2. The van der Waals surface area contributed by atoms with Crippen LogP contribution in [0, 0.1) is 0 Å². The maximum Gasteiger partial charge on any atom is 0.270 e. The third-order valence-electron chi connectivity index (χ3n) is 5.50. The van der Waals surface area contributed by atoms with E-state index in [4.69, 9.17) is 12.2 Å². The molecule has 0 saturated carbocycles. The number of para-hydroxylation sites is 1. The molecule has 0 radical (unpaired) electrons. The lowest BCUT2D eigenvalue weighted by Crippen LogP contribution is -2.54. The number of nitrogens with one attached hydrogen (secondary N) is 1. The number of benzene rings is 2. The molecule has 2 heterocycles. The summed E-state index contributed by atoms with van der Waals surface area (Å²) in [6.07, 6.45) is 4.66. The van der Waals surface area contributed by atoms with E-state index >= 15 is 0 Å². The number of anilines is 1. The second kappa shape index (κ2) is 8.47. The van der Waals surface area contributed by atoms with E-state index < -0.39 is 11.8 Å². The maximum atomic E-state index is 13.3. The molecule has 0 aliphatic carbocycles. The molecule has 0 atom stereocenters. The summed E-state index contributed by atoms with van der Waals surface area (Å²) in [7, 11) is 0. The average molecular weight is 432 g/mol. The highest BCUT2D eigenvalue weighted by Crippen LogP contribution is 2.27. The first-order chi connectivity index (χ1) is 14.9. The number of nitrogens with zero attached hydrogens (tertiary/aromatic N) is 2. The van der Waals surface area contributed by atoms with Crippen molar-refractivity contribution in [2.75, 3.05) is 4.90 Å². The third-order valence-corrected chi connectivity index (χ3v) is 5.79. The van der Waals surface area contributed by atoms with E-state index in [0.717, 1.165) is 29.4 Å². The Morgan fingerprint density at radius 2 is 1.77 bits per heavy atom. The quantitative estimate of drug-likeness (QED) is 0.351. The molecule has 3 aromatic rings. The average Bonchev–Trinajstić information content (AvgIpc) is 3.09. The van der Waals surface area contributed by atoms with Gasteiger partial charge in [0.1, 0.15) is 5.57 Å². The van der Waals surface area contributed by atoms with Crippen molar-refractivity contribution in [3.8, 4) is 0 Å². The van der Waals surface area contributed by atoms with E-state index in [-0.39, 0.29) is 10.7 Å². The van der Waals surface area contributed by atoms with Gasteiger partial charge in [-0.1, -0.05) is 51.1 Å². The molecule has 31 heavy (non-hydrogen) atoms. The number of hydrogen-bond donors (Lipinski definition) is 1. The minimum atomic E-state index is -0.475. The van der Waals surface area contributed by atoms with Crippen molar-refractivity contribution in [3.63, 3.8) is 0 Å². The monoisotopic (exact) mass is 431 g/mol. The minimum Gasteiger partial charge on any atom is -0.347 e. The predicted octanol–water partition coefficient (Wildman–Crippen LogP) is 5.01. The zero-order valence-electron chi connectivity index (χ0n) is 17.9. The molecule has 4 rings (SSSR count). The summed E-state index contributed by atoms with van der Waals surface area (Å²) in [5, 5.41) is 3.77. The van der Waals surface area contributed by atoms with Crippen molar-refractivity contribution >= 4 is 51.8 Å². The largest absolute Gasteiger partial charge is 0.347 e. The van der Waals surface area contributed by atoms with E-state index in [1.165, 1.54) is 10.5 Å². The summed E-state index contributed by atoms with van der Waals surface area (Å²) >= 11 is 5.32. The lowest BCUT2D eigenvalue weighted by atomic mass is 10.0. The highest BCUT2D eigenvalue weighted by Gasteiger charge is 2.34. The van der Waals surface area contributed by atoms with Crippen molar-refractivity contribution in [2.45, 2.75) is 39.7 Å². The van der Waals surface area contributed by atoms with Crippen molar-refractivity contribution < 1.29 is 9.59 Å². The number of aryl methyl sites for hydroxylation is 1. The Hall–Kier alpha value is -3.25. The molecule has 0 spiro atoms. The molecule has 1 N–H and O–H groups in total. The lowest BCUT2D eigenvalue weighted by molar-refractivity contribution is -0.122. The van der Waals surface area contributed by atoms with Gasteiger partial charge >= 0.3 is 0 Å². The van der Waals surface area contributed by atoms with E-state index in [0.29, 0.717) is 11.6 Å². The Morgan fingerprint density at radius 3 is 2.45 bits per heavy atom. The number of carbonyl (C=O) groups is 2. The summed E-state index contributed by atoms with van der Waals surface area (Å²) < 4.78 is 2.15. The number of aromatic nitrogens is 1. The molecule has 158 valence electrons. The summed E-state index contributed by atoms with van der Waals surface area (Å²) in [4.78, 5) is 27.4. The molecular weight excluding hydrogens is 406 g/mol. The van der Waals surface area contributed by atoms with Gasteiger partial charge in [0, 0.05) is 29.2 Å². The number of rotatable bonds is 5. The molecule has 1 aliphatic heterocycles. The van der Waals surface area contributed by atoms with Crippen molar-refractivity contribution in [1.82, 2.24) is 9.88 Å². The van der Waals surface area contributed by atoms with E-state index in [9.17, 15) is 9.59 Å². The molecule has 1 saturated heterocycles. The van der Waals surface area contributed by atoms with E-state index in [2.05, 4.69) is 30.7 Å². The molecule has 2 aromatic carbocycles. The van der Waals surface area contributed by atoms with Gasteiger partial charge in [0.15, 0.2) is 5.11 Å². The second-order valence-electron chi connectivity index (χ2n) is 8.00. The fourth-order valence-electron chi connectivity index (χ4n) is 3.87. The summed E-state index contributed by atoms with van der Waals surface area (Å²) in [6.45, 7) is 7.21. The summed E-state index contributed by atoms with van der Waals surface area (Å²) in [6, 6.07) is 15.7. The maximum absolute atomic E-state index is 13.3. The SMILES string of the molecule is CCCn1cc(/C=C2\C(=O)NC(=S)N(c3ccc(C(C)C)cc3)C2=O)c2ccccc21. The van der Waals surface area contributed by atoms with Crippen molar-refractivity contribution in [2.24, 2.45) is 0 Å². The fraction of sp³-hybridized carbons (Fsp3) is 0.240. The van der Waals surface area contributed by atoms with Crippen molar-refractivity contribution in [3.05, 3.63) is 71.4 Å². The summed E-state index contributed by atoms with van der Waals surface area (Å²) in [5.41, 5.74) is 3.80. The highest BCUT2D eigenvalue weighted by atomic mass is 32.1. The van der Waals surface area contributed by atoms with Gasteiger partial charge < -0.3 is 4.57 Å². The molecule has 6 heteroatoms. The number of thiocarbonyl (C=S) groups is 1.